The Labute approximate surface area is 365 Å². The summed E-state index contributed by atoms with van der Waals surface area (Å²) in [6.07, 6.45) is 13.9. The minimum atomic E-state index is -1.73. The summed E-state index contributed by atoms with van der Waals surface area (Å²) in [5, 5.41) is 33.4. The van der Waals surface area contributed by atoms with Crippen LogP contribution in [-0.2, 0) is 38.1 Å². The second kappa shape index (κ2) is 23.6. The fourth-order valence-electron chi connectivity index (χ4n) is 9.71. The van der Waals surface area contributed by atoms with Gasteiger partial charge in [-0.2, -0.15) is 0 Å². The van der Waals surface area contributed by atoms with Crippen molar-refractivity contribution in [1.82, 2.24) is 4.90 Å². The van der Waals surface area contributed by atoms with Crippen LogP contribution in [0.1, 0.15) is 132 Å². The van der Waals surface area contributed by atoms with Gasteiger partial charge in [0.1, 0.15) is 23.7 Å². The van der Waals surface area contributed by atoms with E-state index in [1.165, 1.54) is 4.90 Å². The smallest absolute Gasteiger partial charge is 0.329 e. The minimum Gasteiger partial charge on any atom is -0.460 e. The van der Waals surface area contributed by atoms with Gasteiger partial charge in [0, 0.05) is 57.8 Å². The first-order chi connectivity index (χ1) is 28.8. The molecular weight excluding hydrogens is 779 g/mol. The fraction of sp³-hybridized carbons (Fsp3) is 0.755. The van der Waals surface area contributed by atoms with Gasteiger partial charge in [0.2, 0.25) is 5.91 Å². The van der Waals surface area contributed by atoms with Crippen molar-refractivity contribution in [3.05, 3.63) is 47.6 Å². The molecule has 3 fully saturated rings. The van der Waals surface area contributed by atoms with Gasteiger partial charge in [-0.15, -0.1) is 0 Å². The molecule has 0 aromatic carbocycles. The molecule has 1 saturated carbocycles. The first-order valence-electron chi connectivity index (χ1n) is 22.9. The molecule has 1 unspecified atom stereocenters. The van der Waals surface area contributed by atoms with E-state index in [1.54, 1.807) is 34.1 Å². The third-order valence-electron chi connectivity index (χ3n) is 14.0. The number of hydrogen-bond acceptors (Lipinski definition) is 11. The molecule has 1 amide bonds. The number of carbonyl (C=O) groups is 4. The molecule has 14 atom stereocenters. The van der Waals surface area contributed by atoms with E-state index >= 15 is 0 Å². The highest BCUT2D eigenvalue weighted by Crippen LogP contribution is 2.39. The van der Waals surface area contributed by atoms with Gasteiger partial charge in [-0.1, -0.05) is 71.1 Å². The van der Waals surface area contributed by atoms with Crippen LogP contribution in [0, 0.1) is 35.5 Å². The van der Waals surface area contributed by atoms with Crippen molar-refractivity contribution in [3.63, 3.8) is 0 Å². The summed E-state index contributed by atoms with van der Waals surface area (Å²) in [7, 11) is 3.23. The van der Waals surface area contributed by atoms with Crippen LogP contribution in [0.2, 0.25) is 0 Å². The van der Waals surface area contributed by atoms with Crippen LogP contribution < -0.4 is 0 Å². The molecule has 1 aliphatic carbocycles. The number of esters is 1. The first kappa shape index (κ1) is 50.6. The first-order valence-corrected chi connectivity index (χ1v) is 22.9. The van der Waals surface area contributed by atoms with Crippen molar-refractivity contribution >= 4 is 23.4 Å². The van der Waals surface area contributed by atoms with Crippen molar-refractivity contribution in [2.24, 2.45) is 35.5 Å². The van der Waals surface area contributed by atoms with Crippen molar-refractivity contribution in [2.75, 3.05) is 20.8 Å². The molecule has 12 heteroatoms. The van der Waals surface area contributed by atoms with Crippen molar-refractivity contribution < 1.29 is 53.4 Å². The molecule has 61 heavy (non-hydrogen) atoms. The highest BCUT2D eigenvalue weighted by Gasteiger charge is 2.47. The highest BCUT2D eigenvalue weighted by molar-refractivity contribution is 5.87. The quantitative estimate of drug-likeness (QED) is 0.193. The number of cyclic esters (lactones) is 1. The van der Waals surface area contributed by atoms with Gasteiger partial charge in [-0.3, -0.25) is 14.4 Å². The summed E-state index contributed by atoms with van der Waals surface area (Å²) in [4.78, 5) is 56.9. The molecule has 0 aromatic rings. The Hall–Kier alpha value is -3.00. The lowest BCUT2D eigenvalue weighted by Crippen LogP contribution is -2.52. The number of rotatable bonds is 5. The summed E-state index contributed by atoms with van der Waals surface area (Å²) < 4.78 is 24.0. The van der Waals surface area contributed by atoms with E-state index in [2.05, 4.69) is 6.92 Å². The van der Waals surface area contributed by atoms with Crippen LogP contribution >= 0.6 is 0 Å². The normalized spacial score (nSPS) is 40.8. The van der Waals surface area contributed by atoms with Crippen molar-refractivity contribution in [3.8, 4) is 0 Å². The summed E-state index contributed by atoms with van der Waals surface area (Å²) in [6, 6.07) is -0.875. The van der Waals surface area contributed by atoms with E-state index in [4.69, 9.17) is 18.9 Å². The van der Waals surface area contributed by atoms with E-state index in [0.717, 1.165) is 12.0 Å². The second-order valence-electron chi connectivity index (χ2n) is 19.0. The molecule has 2 saturated heterocycles. The molecule has 3 N–H and O–H groups in total. The molecule has 4 aliphatic rings. The summed E-state index contributed by atoms with van der Waals surface area (Å²) in [5.41, 5.74) is 1.51. The van der Waals surface area contributed by atoms with Gasteiger partial charge in [0.15, 0.2) is 5.79 Å². The number of aliphatic hydroxyl groups is 3. The van der Waals surface area contributed by atoms with Gasteiger partial charge in [0.05, 0.1) is 36.9 Å². The zero-order valence-corrected chi connectivity index (χ0v) is 38.4. The number of Topliss-reactive ketones (excluding diaryl/α,β-unsaturated/α-hetero) is 2. The van der Waals surface area contributed by atoms with Gasteiger partial charge < -0.3 is 39.2 Å². The Morgan fingerprint density at radius 1 is 0.869 bits per heavy atom. The largest absolute Gasteiger partial charge is 0.460 e. The number of methoxy groups -OCH3 is 2. The van der Waals surface area contributed by atoms with E-state index < -0.39 is 47.9 Å². The van der Waals surface area contributed by atoms with E-state index in [9.17, 15) is 34.5 Å². The Bertz CT molecular complexity index is 1600. The van der Waals surface area contributed by atoms with Crippen LogP contribution in [0.25, 0.3) is 0 Å². The summed E-state index contributed by atoms with van der Waals surface area (Å²) in [6.45, 7) is 13.6. The maximum absolute atomic E-state index is 14.2. The predicted molar refractivity (Wildman–Crippen MR) is 234 cm³/mol. The fourth-order valence-corrected chi connectivity index (χ4v) is 9.71. The zero-order valence-electron chi connectivity index (χ0n) is 38.4. The SMILES string of the molecule is CO[C@H]1C[C@@H]2CC[C@@H](C)[C@](O)(CC(=O)N3CCC[C@H]3C(=O)O[C@H]([C@H](C)CC3CC[C@H](O)[C@@H](OC)C3)CC(=O)[C@H](C)/C=C(/C)[C@@H](O)CC(=O)[C@H](C)C[C@H](C)\C=C/C=C/C=C/1C)O2. The lowest BCUT2D eigenvalue weighted by molar-refractivity contribution is -0.283. The van der Waals surface area contributed by atoms with E-state index in [1.807, 2.05) is 58.1 Å². The van der Waals surface area contributed by atoms with Gasteiger partial charge in [-0.05, 0) is 101 Å². The van der Waals surface area contributed by atoms with Gasteiger partial charge in [-0.25, -0.2) is 4.79 Å². The third kappa shape index (κ3) is 14.5. The van der Waals surface area contributed by atoms with Crippen molar-refractivity contribution in [1.29, 1.82) is 0 Å². The number of hydrogen-bond donors (Lipinski definition) is 3. The van der Waals surface area contributed by atoms with Crippen LogP contribution in [-0.4, -0.2) is 113 Å². The number of amides is 1. The number of fused-ring (bicyclic) bond motifs is 3. The molecule has 0 spiro atoms. The minimum absolute atomic E-state index is 0.0517. The van der Waals surface area contributed by atoms with E-state index in [-0.39, 0.29) is 78.7 Å². The van der Waals surface area contributed by atoms with Crippen LogP contribution in [0.15, 0.2) is 47.6 Å². The number of ketones is 2. The van der Waals surface area contributed by atoms with Gasteiger partial charge in [0.25, 0.3) is 0 Å². The number of allylic oxidation sites excluding steroid dienone is 6. The van der Waals surface area contributed by atoms with E-state index in [0.29, 0.717) is 69.9 Å². The number of ether oxygens (including phenoxy) is 4. The summed E-state index contributed by atoms with van der Waals surface area (Å²) >= 11 is 0. The maximum atomic E-state index is 14.2. The third-order valence-corrected chi connectivity index (χ3v) is 14.0. The molecular formula is C49H77NO11. The average Bonchev–Trinajstić information content (AvgIpc) is 3.71. The predicted octanol–water partition coefficient (Wildman–Crippen LogP) is 6.99. The molecule has 12 nitrogen and oxygen atoms in total. The number of aliphatic hydroxyl groups excluding tert-OH is 2. The molecule has 2 bridgehead atoms. The molecule has 0 aromatic heterocycles. The lowest BCUT2D eigenvalue weighted by atomic mass is 9.78. The standard InChI is InChI=1S/C49H77NO11/c1-30-14-11-10-12-15-31(2)44(58-8)26-38-19-17-36(7)49(57,61-38)29-47(55)50-21-13-16-39(50)48(56)60-45(35(6)24-37-18-20-40(51)46(25-37)59-9)28-43(54)34(5)23-33(4)42(53)27-41(52)32(3)22-30/h10-12,14-15,23,30,32,34-40,42,44-46,51,53,57H,13,16-22,24-29H2,1-9H3/b12-10+,14-11-,31-15+,33-23-/t30-,32-,34-,35-,36-,37?,38+,39+,40+,42+,44+,45+,46+,49+/m1/s1. The Kier molecular flexibility index (Phi) is 19.6. The molecule has 0 radical (unpaired) electrons. The topological polar surface area (TPSA) is 169 Å². The lowest BCUT2D eigenvalue weighted by Gasteiger charge is -2.43. The Balaban J connectivity index is 1.62. The Morgan fingerprint density at radius 3 is 2.31 bits per heavy atom. The van der Waals surface area contributed by atoms with Crippen LogP contribution in [0.4, 0.5) is 0 Å². The molecule has 3 heterocycles. The highest BCUT2D eigenvalue weighted by atomic mass is 16.6. The number of carbonyl (C=O) groups excluding carboxylic acids is 4. The number of nitrogens with zero attached hydrogens (tertiary/aromatic N) is 1. The van der Waals surface area contributed by atoms with Crippen LogP contribution in [0.3, 0.4) is 0 Å². The molecule has 4 rings (SSSR count). The molecule has 344 valence electrons. The van der Waals surface area contributed by atoms with Crippen molar-refractivity contribution in [2.45, 2.75) is 180 Å². The molecule has 3 aliphatic heterocycles. The van der Waals surface area contributed by atoms with Crippen LogP contribution in [0.5, 0.6) is 0 Å². The van der Waals surface area contributed by atoms with Gasteiger partial charge >= 0.3 is 5.97 Å². The zero-order chi connectivity index (χ0) is 45.0. The average molecular weight is 856 g/mol. The monoisotopic (exact) mass is 856 g/mol. The Morgan fingerprint density at radius 2 is 1.61 bits per heavy atom. The second-order valence-corrected chi connectivity index (χ2v) is 19.0. The maximum Gasteiger partial charge on any atom is 0.329 e. The summed E-state index contributed by atoms with van der Waals surface area (Å²) in [5.74, 6) is -4.09.